The number of nitrogens with zero attached hydrogens (tertiary/aromatic N) is 3. The van der Waals surface area contributed by atoms with Crippen LogP contribution >= 0.6 is 11.3 Å². The van der Waals surface area contributed by atoms with Gasteiger partial charge in [-0.15, -0.1) is 11.3 Å². The molecule has 0 aliphatic carbocycles. The number of carbonyl (C=O) groups excluding carboxylic acids is 1. The Bertz CT molecular complexity index is 911. The summed E-state index contributed by atoms with van der Waals surface area (Å²) in [6, 6.07) is 12.0. The molecule has 3 aromatic rings. The van der Waals surface area contributed by atoms with Gasteiger partial charge in [-0.1, -0.05) is 12.1 Å². The van der Waals surface area contributed by atoms with Gasteiger partial charge in [-0.25, -0.2) is 4.98 Å². The van der Waals surface area contributed by atoms with E-state index >= 15 is 0 Å². The maximum Gasteiger partial charge on any atom is 0.274 e. The lowest BCUT2D eigenvalue weighted by Gasteiger charge is -2.38. The number of hydrogen-bond donors (Lipinski definition) is 1. The van der Waals surface area contributed by atoms with Crippen LogP contribution in [0.15, 0.2) is 48.0 Å². The number of carbonyl (C=O) groups is 1. The van der Waals surface area contributed by atoms with Crippen LogP contribution in [0.1, 0.15) is 36.2 Å². The molecule has 138 valence electrons. The molecule has 2 saturated heterocycles. The molecule has 0 saturated carbocycles. The Hall–Kier alpha value is -2.67. The van der Waals surface area contributed by atoms with E-state index in [1.165, 1.54) is 0 Å². The molecule has 2 unspecified atom stereocenters. The third-order valence-electron chi connectivity index (χ3n) is 5.43. The van der Waals surface area contributed by atoms with E-state index in [2.05, 4.69) is 15.2 Å². The molecule has 5 heterocycles. The lowest BCUT2D eigenvalue weighted by atomic mass is 9.99. The molecule has 2 atom stereocenters. The molecule has 0 spiro atoms. The van der Waals surface area contributed by atoms with Crippen LogP contribution in [0.3, 0.4) is 0 Å². The molecule has 0 aromatic carbocycles. The van der Waals surface area contributed by atoms with E-state index in [0.29, 0.717) is 11.6 Å². The molecular weight excluding hydrogens is 360 g/mol. The second-order valence-electron chi connectivity index (χ2n) is 7.12. The number of aromatic nitrogens is 3. The molecular formula is C20H20N4O2S. The number of ether oxygens (including phenoxy) is 1. The smallest absolute Gasteiger partial charge is 0.274 e. The number of rotatable bonds is 4. The standard InChI is InChI=1S/C20H20N4O2S/c25-20(17-12-16(22-23-17)18-4-3-9-27-18)24-13-6-7-14(24)11-15(10-13)26-19-5-1-2-8-21-19/h1-5,8-9,12-15H,6-7,10-11H2,(H,22,23). The van der Waals surface area contributed by atoms with E-state index < -0.39 is 0 Å². The van der Waals surface area contributed by atoms with Crippen molar-refractivity contribution in [2.75, 3.05) is 0 Å². The fourth-order valence-electron chi connectivity index (χ4n) is 4.26. The summed E-state index contributed by atoms with van der Waals surface area (Å²) in [7, 11) is 0. The fourth-order valence-corrected chi connectivity index (χ4v) is 4.96. The van der Waals surface area contributed by atoms with E-state index in [-0.39, 0.29) is 24.1 Å². The fraction of sp³-hybridized carbons (Fsp3) is 0.350. The zero-order valence-corrected chi connectivity index (χ0v) is 15.6. The van der Waals surface area contributed by atoms with Gasteiger partial charge >= 0.3 is 0 Å². The second-order valence-corrected chi connectivity index (χ2v) is 8.07. The van der Waals surface area contributed by atoms with Crippen LogP contribution in [-0.4, -0.2) is 44.2 Å². The summed E-state index contributed by atoms with van der Waals surface area (Å²) in [5.74, 6) is 0.687. The Morgan fingerprint density at radius 2 is 2.04 bits per heavy atom. The summed E-state index contributed by atoms with van der Waals surface area (Å²) < 4.78 is 6.05. The van der Waals surface area contributed by atoms with E-state index in [0.717, 1.165) is 36.3 Å². The topological polar surface area (TPSA) is 71.1 Å². The van der Waals surface area contributed by atoms with Crippen LogP contribution in [0.4, 0.5) is 0 Å². The predicted molar refractivity (Wildman–Crippen MR) is 103 cm³/mol. The molecule has 1 amide bonds. The van der Waals surface area contributed by atoms with Gasteiger partial charge in [0.1, 0.15) is 6.10 Å². The number of fused-ring (bicyclic) bond motifs is 2. The quantitative estimate of drug-likeness (QED) is 0.748. The van der Waals surface area contributed by atoms with Crippen molar-refractivity contribution in [1.82, 2.24) is 20.1 Å². The lowest BCUT2D eigenvalue weighted by Crippen LogP contribution is -2.49. The Morgan fingerprint density at radius 3 is 2.74 bits per heavy atom. The van der Waals surface area contributed by atoms with E-state index in [1.807, 2.05) is 46.7 Å². The molecule has 2 aliphatic rings. The number of amides is 1. The number of hydrogen-bond acceptors (Lipinski definition) is 5. The van der Waals surface area contributed by atoms with E-state index in [9.17, 15) is 4.79 Å². The Kier molecular flexibility index (Phi) is 4.16. The van der Waals surface area contributed by atoms with Gasteiger partial charge in [0.15, 0.2) is 5.69 Å². The third kappa shape index (κ3) is 3.12. The zero-order valence-electron chi connectivity index (χ0n) is 14.7. The van der Waals surface area contributed by atoms with Crippen molar-refractivity contribution in [2.45, 2.75) is 43.9 Å². The average molecular weight is 380 g/mol. The minimum Gasteiger partial charge on any atom is -0.474 e. The van der Waals surface area contributed by atoms with Gasteiger partial charge in [0.2, 0.25) is 5.88 Å². The monoisotopic (exact) mass is 380 g/mol. The van der Waals surface area contributed by atoms with Crippen LogP contribution in [0.5, 0.6) is 5.88 Å². The minimum atomic E-state index is 0.0258. The van der Waals surface area contributed by atoms with Crippen LogP contribution in [0.2, 0.25) is 0 Å². The number of pyridine rings is 1. The van der Waals surface area contributed by atoms with Crippen molar-refractivity contribution in [1.29, 1.82) is 0 Å². The summed E-state index contributed by atoms with van der Waals surface area (Å²) in [5, 5.41) is 9.30. The highest BCUT2D eigenvalue weighted by Gasteiger charge is 2.44. The zero-order chi connectivity index (χ0) is 18.2. The van der Waals surface area contributed by atoms with Crippen molar-refractivity contribution >= 4 is 17.2 Å². The lowest BCUT2D eigenvalue weighted by molar-refractivity contribution is 0.0343. The molecule has 5 rings (SSSR count). The van der Waals surface area contributed by atoms with Gasteiger partial charge in [-0.05, 0) is 36.4 Å². The Labute approximate surface area is 161 Å². The molecule has 1 N–H and O–H groups in total. The van der Waals surface area contributed by atoms with Gasteiger partial charge in [0.25, 0.3) is 5.91 Å². The first-order valence-corrected chi connectivity index (χ1v) is 10.2. The summed E-state index contributed by atoms with van der Waals surface area (Å²) in [5.41, 5.74) is 1.40. The minimum absolute atomic E-state index is 0.0258. The highest BCUT2D eigenvalue weighted by Crippen LogP contribution is 2.38. The first-order chi connectivity index (χ1) is 13.3. The largest absolute Gasteiger partial charge is 0.474 e. The Morgan fingerprint density at radius 1 is 1.19 bits per heavy atom. The molecule has 2 bridgehead atoms. The summed E-state index contributed by atoms with van der Waals surface area (Å²) >= 11 is 1.63. The summed E-state index contributed by atoms with van der Waals surface area (Å²) in [4.78, 5) is 20.5. The van der Waals surface area contributed by atoms with Crippen LogP contribution in [0.25, 0.3) is 10.6 Å². The first kappa shape index (κ1) is 16.5. The average Bonchev–Trinajstić information content (AvgIpc) is 3.42. The SMILES string of the molecule is O=C(c1cc(-c2cccs2)[nH]n1)N1C2CCC1CC(Oc1ccccn1)C2. The summed E-state index contributed by atoms with van der Waals surface area (Å²) in [6.07, 6.45) is 5.61. The second kappa shape index (κ2) is 6.81. The third-order valence-corrected chi connectivity index (χ3v) is 6.34. The van der Waals surface area contributed by atoms with E-state index in [4.69, 9.17) is 4.74 Å². The molecule has 2 fully saturated rings. The molecule has 27 heavy (non-hydrogen) atoms. The maximum atomic E-state index is 13.1. The van der Waals surface area contributed by atoms with Crippen LogP contribution < -0.4 is 4.74 Å². The molecule has 6 nitrogen and oxygen atoms in total. The van der Waals surface area contributed by atoms with Gasteiger partial charge in [0.05, 0.1) is 10.6 Å². The maximum absolute atomic E-state index is 13.1. The highest BCUT2D eigenvalue weighted by atomic mass is 32.1. The van der Waals surface area contributed by atoms with E-state index in [1.54, 1.807) is 17.5 Å². The van der Waals surface area contributed by atoms with Crippen molar-refractivity contribution in [3.8, 4) is 16.5 Å². The molecule has 3 aromatic heterocycles. The van der Waals surface area contributed by atoms with Crippen LogP contribution in [-0.2, 0) is 0 Å². The van der Waals surface area contributed by atoms with Crippen LogP contribution in [0, 0.1) is 0 Å². The number of H-pyrrole nitrogens is 1. The number of aromatic amines is 1. The van der Waals surface area contributed by atoms with Gasteiger partial charge in [-0.3, -0.25) is 9.89 Å². The van der Waals surface area contributed by atoms with Gasteiger partial charge in [-0.2, -0.15) is 5.10 Å². The van der Waals surface area contributed by atoms with Crippen molar-refractivity contribution in [3.05, 3.63) is 53.7 Å². The van der Waals surface area contributed by atoms with Gasteiger partial charge in [0, 0.05) is 37.2 Å². The number of nitrogens with one attached hydrogen (secondary N) is 1. The number of piperidine rings is 1. The predicted octanol–water partition coefficient (Wildman–Crippen LogP) is 3.75. The number of thiophene rings is 1. The molecule has 7 heteroatoms. The van der Waals surface area contributed by atoms with Crippen molar-refractivity contribution in [3.63, 3.8) is 0 Å². The highest BCUT2D eigenvalue weighted by molar-refractivity contribution is 7.13. The molecule has 0 radical (unpaired) electrons. The van der Waals surface area contributed by atoms with Gasteiger partial charge < -0.3 is 9.64 Å². The first-order valence-electron chi connectivity index (χ1n) is 9.27. The van der Waals surface area contributed by atoms with Crippen molar-refractivity contribution in [2.24, 2.45) is 0 Å². The Balaban J connectivity index is 1.30. The van der Waals surface area contributed by atoms with Crippen molar-refractivity contribution < 1.29 is 9.53 Å². The molecule has 2 aliphatic heterocycles. The summed E-state index contributed by atoms with van der Waals surface area (Å²) in [6.45, 7) is 0. The normalized spacial score (nSPS) is 24.1.